The summed E-state index contributed by atoms with van der Waals surface area (Å²) >= 11 is 0. The minimum absolute atomic E-state index is 0.0202. The second kappa shape index (κ2) is 6.91. The molecule has 0 unspecified atom stereocenters. The number of quaternary nitrogens is 1. The highest BCUT2D eigenvalue weighted by atomic mass is 19.2. The Hall–Kier alpha value is -2.22. The predicted molar refractivity (Wildman–Crippen MR) is 73.4 cm³/mol. The van der Waals surface area contributed by atoms with Gasteiger partial charge in [-0.3, -0.25) is 4.79 Å². The molecule has 0 saturated carbocycles. The van der Waals surface area contributed by atoms with Gasteiger partial charge in [0, 0.05) is 0 Å². The zero-order valence-corrected chi connectivity index (χ0v) is 13.0. The maximum absolute atomic E-state index is 13.7. The second-order valence-electron chi connectivity index (χ2n) is 5.56. The first-order valence-electron chi connectivity index (χ1n) is 6.58. The summed E-state index contributed by atoms with van der Waals surface area (Å²) in [5, 5.41) is 0. The fourth-order valence-electron chi connectivity index (χ4n) is 1.68. The molecule has 0 fully saturated rings. The molecule has 0 aliphatic rings. The van der Waals surface area contributed by atoms with Crippen LogP contribution < -0.4 is 0 Å². The minimum Gasteiger partial charge on any atom is -0.462 e. The summed E-state index contributed by atoms with van der Waals surface area (Å²) in [5.74, 6) is -10.1. The Morgan fingerprint density at radius 2 is 1.65 bits per heavy atom. The number of nitrogens with zero attached hydrogens (tertiary/aromatic N) is 1. The van der Waals surface area contributed by atoms with Crippen molar-refractivity contribution in [3.8, 4) is 0 Å². The molecule has 0 spiro atoms. The van der Waals surface area contributed by atoms with E-state index in [1.54, 1.807) is 21.1 Å². The zero-order valence-electron chi connectivity index (χ0n) is 13.0. The Morgan fingerprint density at radius 3 is 2.13 bits per heavy atom. The molecule has 4 nitrogen and oxygen atoms in total. The lowest BCUT2D eigenvalue weighted by Crippen LogP contribution is -2.31. The van der Waals surface area contributed by atoms with E-state index in [0.717, 1.165) is 6.20 Å². The number of halogens is 4. The molecule has 0 aromatic heterocycles. The van der Waals surface area contributed by atoms with Gasteiger partial charge >= 0.3 is 5.97 Å². The lowest BCUT2D eigenvalue weighted by molar-refractivity contribution is -0.817. The quantitative estimate of drug-likeness (QED) is 0.0957. The highest BCUT2D eigenvalue weighted by molar-refractivity contribution is 6.24. The van der Waals surface area contributed by atoms with Crippen molar-refractivity contribution in [1.29, 1.82) is 0 Å². The monoisotopic (exact) mass is 334 g/mol. The molecule has 0 atom stereocenters. The normalized spacial score (nSPS) is 12.3. The van der Waals surface area contributed by atoms with Gasteiger partial charge in [-0.25, -0.2) is 22.4 Å². The van der Waals surface area contributed by atoms with Gasteiger partial charge in [-0.1, -0.05) is 0 Å². The number of ketones is 1. The number of benzene rings is 1. The van der Waals surface area contributed by atoms with Crippen LogP contribution in [0.3, 0.4) is 0 Å². The first-order valence-corrected chi connectivity index (χ1v) is 6.58. The van der Waals surface area contributed by atoms with E-state index >= 15 is 0 Å². The Kier molecular flexibility index (Phi) is 5.65. The molecule has 0 radical (unpaired) electrons. The number of esters is 1. The summed E-state index contributed by atoms with van der Waals surface area (Å²) in [4.78, 5) is 24.2. The molecule has 0 bridgehead atoms. The molecule has 0 saturated heterocycles. The minimum atomic E-state index is -2.12. The number of carbonyl (C=O) groups excluding carboxylic acids is 2. The van der Waals surface area contributed by atoms with Crippen molar-refractivity contribution >= 4 is 11.8 Å². The fourth-order valence-corrected chi connectivity index (χ4v) is 1.68. The lowest BCUT2D eigenvalue weighted by Gasteiger charge is -2.19. The van der Waals surface area contributed by atoms with E-state index in [0.29, 0.717) is 0 Å². The number of hydrogen-bond donors (Lipinski definition) is 0. The molecular formula is C15H16F4NO3+. The Morgan fingerprint density at radius 1 is 1.09 bits per heavy atom. The van der Waals surface area contributed by atoms with Crippen molar-refractivity contribution < 1.29 is 36.4 Å². The van der Waals surface area contributed by atoms with E-state index in [1.165, 1.54) is 6.92 Å². The highest BCUT2D eigenvalue weighted by Gasteiger charge is 2.30. The van der Waals surface area contributed by atoms with Crippen molar-refractivity contribution in [2.45, 2.75) is 6.92 Å². The Balaban J connectivity index is 3.48. The summed E-state index contributed by atoms with van der Waals surface area (Å²) in [6, 6.07) is 0.207. The van der Waals surface area contributed by atoms with Crippen LogP contribution in [0.2, 0.25) is 0 Å². The van der Waals surface area contributed by atoms with Crippen LogP contribution in [0.15, 0.2) is 17.8 Å². The first-order chi connectivity index (χ1) is 10.5. The largest absolute Gasteiger partial charge is 0.462 e. The Labute approximate surface area is 130 Å². The third-order valence-electron chi connectivity index (χ3n) is 2.60. The average molecular weight is 334 g/mol. The summed E-state index contributed by atoms with van der Waals surface area (Å²) < 4.78 is 57.9. The second-order valence-corrected chi connectivity index (χ2v) is 5.56. The molecular weight excluding hydrogens is 318 g/mol. The topological polar surface area (TPSA) is 43.4 Å². The maximum atomic E-state index is 13.7. The van der Waals surface area contributed by atoms with Gasteiger partial charge in [0.15, 0.2) is 28.8 Å². The molecule has 0 aliphatic carbocycles. The number of carbonyl (C=O) groups is 2. The third-order valence-corrected chi connectivity index (χ3v) is 2.60. The van der Waals surface area contributed by atoms with Crippen LogP contribution in [0.25, 0.3) is 0 Å². The van der Waals surface area contributed by atoms with Crippen molar-refractivity contribution in [1.82, 2.24) is 0 Å². The highest BCUT2D eigenvalue weighted by Crippen LogP contribution is 2.22. The van der Waals surface area contributed by atoms with E-state index < -0.39 is 46.2 Å². The van der Waals surface area contributed by atoms with Crippen LogP contribution in [-0.2, 0) is 9.53 Å². The standard InChI is InChI=1S/C15H16F4NO3/c1-5-23-15(22)9(7-20(2,3)4)14(21)8-6-10(16)12(18)13(19)11(8)17/h6-7H,5H2,1-4H3/q+1/b9-7-. The van der Waals surface area contributed by atoms with E-state index in [4.69, 9.17) is 4.74 Å². The predicted octanol–water partition coefficient (Wildman–Crippen LogP) is 2.58. The maximum Gasteiger partial charge on any atom is 0.347 e. The van der Waals surface area contributed by atoms with E-state index in [1.807, 2.05) is 0 Å². The molecule has 126 valence electrons. The van der Waals surface area contributed by atoms with Crippen LogP contribution in [-0.4, -0.2) is 44.0 Å². The summed E-state index contributed by atoms with van der Waals surface area (Å²) in [5.41, 5.74) is -1.70. The first kappa shape index (κ1) is 18.8. The SMILES string of the molecule is CCOC(=O)/C(=C\[N+](C)(C)C)C(=O)c1cc(F)c(F)c(F)c1F. The van der Waals surface area contributed by atoms with Gasteiger partial charge in [0.1, 0.15) is 6.20 Å². The van der Waals surface area contributed by atoms with Gasteiger partial charge in [0.2, 0.25) is 5.78 Å². The van der Waals surface area contributed by atoms with Gasteiger partial charge in [-0.15, -0.1) is 0 Å². The zero-order chi connectivity index (χ0) is 17.9. The fraction of sp³-hybridized carbons (Fsp3) is 0.333. The number of ether oxygens (including phenoxy) is 1. The molecule has 23 heavy (non-hydrogen) atoms. The van der Waals surface area contributed by atoms with Crippen LogP contribution in [0.5, 0.6) is 0 Å². The van der Waals surface area contributed by atoms with Crippen LogP contribution in [0.1, 0.15) is 17.3 Å². The van der Waals surface area contributed by atoms with E-state index in [-0.39, 0.29) is 17.2 Å². The summed E-state index contributed by atoms with van der Waals surface area (Å²) in [7, 11) is 4.78. The smallest absolute Gasteiger partial charge is 0.347 e. The van der Waals surface area contributed by atoms with E-state index in [9.17, 15) is 27.2 Å². The van der Waals surface area contributed by atoms with Crippen LogP contribution in [0.4, 0.5) is 17.6 Å². The summed E-state index contributed by atoms with van der Waals surface area (Å²) in [6.07, 6.45) is 1.14. The number of hydrogen-bond acceptors (Lipinski definition) is 3. The number of Topliss-reactive ketones (excluding diaryl/α,β-unsaturated/α-hetero) is 1. The molecule has 8 heteroatoms. The molecule has 0 amide bonds. The van der Waals surface area contributed by atoms with Gasteiger partial charge in [0.25, 0.3) is 0 Å². The molecule has 1 aromatic carbocycles. The molecule has 0 heterocycles. The molecule has 0 aliphatic heterocycles. The van der Waals surface area contributed by atoms with Crippen LogP contribution >= 0.6 is 0 Å². The molecule has 1 aromatic rings. The molecule has 0 N–H and O–H groups in total. The van der Waals surface area contributed by atoms with Crippen molar-refractivity contribution in [2.24, 2.45) is 0 Å². The van der Waals surface area contributed by atoms with Gasteiger partial charge in [-0.2, -0.15) is 0 Å². The number of rotatable bonds is 5. The molecule has 1 rings (SSSR count). The van der Waals surface area contributed by atoms with Gasteiger partial charge in [0.05, 0.1) is 33.3 Å². The van der Waals surface area contributed by atoms with Gasteiger partial charge < -0.3 is 9.22 Å². The lowest BCUT2D eigenvalue weighted by atomic mass is 10.0. The third kappa shape index (κ3) is 4.38. The van der Waals surface area contributed by atoms with Crippen molar-refractivity contribution in [3.63, 3.8) is 0 Å². The van der Waals surface area contributed by atoms with Crippen LogP contribution in [0, 0.1) is 23.3 Å². The summed E-state index contributed by atoms with van der Waals surface area (Å²) in [6.45, 7) is 1.43. The van der Waals surface area contributed by atoms with Crippen molar-refractivity contribution in [3.05, 3.63) is 46.7 Å². The van der Waals surface area contributed by atoms with Gasteiger partial charge in [-0.05, 0) is 13.0 Å². The van der Waals surface area contributed by atoms with E-state index in [2.05, 4.69) is 0 Å². The average Bonchev–Trinajstić information content (AvgIpc) is 2.45. The Bertz CT molecular complexity index is 678. The van der Waals surface area contributed by atoms with Crippen molar-refractivity contribution in [2.75, 3.05) is 27.7 Å².